The van der Waals surface area contributed by atoms with Gasteiger partial charge in [-0.25, -0.2) is 0 Å². The molecule has 0 fully saturated rings. The SMILES string of the molecule is CC1=[N+](c2c(C)cc(C)c(C)c2C)C(C)(C)[N+](c2c(C)cc(C)c(C)c2C)=C1C. The zero-order valence-electron chi connectivity index (χ0n) is 20.5. The molecule has 2 nitrogen and oxygen atoms in total. The van der Waals surface area contributed by atoms with E-state index >= 15 is 0 Å². The van der Waals surface area contributed by atoms with Crippen LogP contribution in [0.4, 0.5) is 11.4 Å². The van der Waals surface area contributed by atoms with Gasteiger partial charge in [0.1, 0.15) is 0 Å². The van der Waals surface area contributed by atoms with Crippen molar-refractivity contribution in [2.75, 3.05) is 0 Å². The predicted octanol–water partition coefficient (Wildman–Crippen LogP) is 6.81. The van der Waals surface area contributed by atoms with E-state index in [0.717, 1.165) is 0 Å². The van der Waals surface area contributed by atoms with Crippen LogP contribution in [0, 0.1) is 55.4 Å². The van der Waals surface area contributed by atoms with Crippen LogP contribution in [-0.4, -0.2) is 26.2 Å². The molecule has 1 aliphatic rings. The lowest BCUT2D eigenvalue weighted by molar-refractivity contribution is -0.741. The zero-order chi connectivity index (χ0) is 22.0. The van der Waals surface area contributed by atoms with Crippen molar-refractivity contribution < 1.29 is 9.15 Å². The first-order valence-electron chi connectivity index (χ1n) is 10.7. The van der Waals surface area contributed by atoms with Crippen LogP contribution in [0.1, 0.15) is 72.2 Å². The van der Waals surface area contributed by atoms with Gasteiger partial charge in [-0.1, -0.05) is 0 Å². The van der Waals surface area contributed by atoms with Crippen LogP contribution in [0.15, 0.2) is 12.1 Å². The molecule has 0 bridgehead atoms. The Labute approximate surface area is 177 Å². The van der Waals surface area contributed by atoms with Gasteiger partial charge < -0.3 is 0 Å². The van der Waals surface area contributed by atoms with Crippen LogP contribution in [0.5, 0.6) is 0 Å². The van der Waals surface area contributed by atoms with E-state index in [1.54, 1.807) is 0 Å². The maximum Gasteiger partial charge on any atom is 0.356 e. The smallest absolute Gasteiger partial charge is 0.126 e. The van der Waals surface area contributed by atoms with Crippen molar-refractivity contribution in [3.63, 3.8) is 0 Å². The molecule has 0 saturated heterocycles. The molecular formula is C27H38N2+2. The van der Waals surface area contributed by atoms with Crippen LogP contribution in [0.25, 0.3) is 0 Å². The topological polar surface area (TPSA) is 6.02 Å². The molecule has 0 aromatic heterocycles. The Balaban J connectivity index is 2.34. The summed E-state index contributed by atoms with van der Waals surface area (Å²) in [6.45, 7) is 27.3. The van der Waals surface area contributed by atoms with Crippen molar-refractivity contribution in [1.82, 2.24) is 0 Å². The van der Waals surface area contributed by atoms with E-state index in [9.17, 15) is 0 Å². The molecule has 0 aliphatic carbocycles. The number of aryl methyl sites for hydroxylation is 4. The first-order valence-corrected chi connectivity index (χ1v) is 10.7. The standard InChI is InChI=1S/C27H38N2/c1-15-13-17(3)25(21(7)19(15)5)28-23(9)24(10)29(27(28,11)12)26-18(4)14-16(2)20(6)22(26)8/h13-14H,1-12H3/q+2. The van der Waals surface area contributed by atoms with Crippen LogP contribution < -0.4 is 0 Å². The minimum Gasteiger partial charge on any atom is -0.126 e. The van der Waals surface area contributed by atoms with Crippen molar-refractivity contribution in [2.24, 2.45) is 0 Å². The summed E-state index contributed by atoms with van der Waals surface area (Å²) in [6.07, 6.45) is 0. The Morgan fingerprint density at radius 3 is 1.10 bits per heavy atom. The molecule has 0 N–H and O–H groups in total. The first-order chi connectivity index (χ1) is 13.3. The molecule has 2 heteroatoms. The van der Waals surface area contributed by atoms with Crippen molar-refractivity contribution in [2.45, 2.75) is 88.7 Å². The van der Waals surface area contributed by atoms with Gasteiger partial charge in [-0.3, -0.25) is 0 Å². The molecular weight excluding hydrogens is 352 g/mol. The van der Waals surface area contributed by atoms with Gasteiger partial charge in [0.05, 0.1) is 13.8 Å². The monoisotopic (exact) mass is 390 g/mol. The van der Waals surface area contributed by atoms with E-state index < -0.39 is 0 Å². The molecule has 0 amide bonds. The third-order valence-electron chi connectivity index (χ3n) is 7.37. The lowest BCUT2D eigenvalue weighted by Crippen LogP contribution is -2.41. The molecule has 0 saturated carbocycles. The van der Waals surface area contributed by atoms with Gasteiger partial charge in [0, 0.05) is 36.1 Å². The van der Waals surface area contributed by atoms with Gasteiger partial charge in [-0.2, -0.15) is 0 Å². The molecule has 0 unspecified atom stereocenters. The second kappa shape index (κ2) is 6.93. The molecule has 154 valence electrons. The summed E-state index contributed by atoms with van der Waals surface area (Å²) < 4.78 is 5.13. The highest BCUT2D eigenvalue weighted by atomic mass is 15.3. The highest BCUT2D eigenvalue weighted by molar-refractivity contribution is 6.37. The van der Waals surface area contributed by atoms with Crippen LogP contribution in [0.2, 0.25) is 0 Å². The van der Waals surface area contributed by atoms with E-state index in [1.165, 1.54) is 67.3 Å². The third-order valence-corrected chi connectivity index (χ3v) is 7.37. The molecule has 29 heavy (non-hydrogen) atoms. The van der Waals surface area contributed by atoms with Gasteiger partial charge in [0.15, 0.2) is 0 Å². The summed E-state index contributed by atoms with van der Waals surface area (Å²) in [4.78, 5) is 0. The quantitative estimate of drug-likeness (QED) is 0.497. The van der Waals surface area contributed by atoms with Crippen LogP contribution >= 0.6 is 0 Å². The second-order valence-electron chi connectivity index (χ2n) is 9.55. The van der Waals surface area contributed by atoms with Crippen LogP contribution in [-0.2, 0) is 0 Å². The summed E-state index contributed by atoms with van der Waals surface area (Å²) in [5, 5.41) is 0. The maximum absolute atomic E-state index is 2.56. The Morgan fingerprint density at radius 1 is 0.483 bits per heavy atom. The summed E-state index contributed by atoms with van der Waals surface area (Å²) >= 11 is 0. The van der Waals surface area contributed by atoms with Gasteiger partial charge in [0.25, 0.3) is 11.4 Å². The molecule has 0 radical (unpaired) electrons. The lowest BCUT2D eigenvalue weighted by atomic mass is 9.95. The number of hydrogen-bond donors (Lipinski definition) is 0. The number of benzene rings is 2. The van der Waals surface area contributed by atoms with Gasteiger partial charge in [-0.15, -0.1) is 9.15 Å². The lowest BCUT2D eigenvalue weighted by Gasteiger charge is -2.22. The Hall–Kier alpha value is -2.22. The number of nitrogens with zero attached hydrogens (tertiary/aromatic N) is 2. The molecule has 1 heterocycles. The van der Waals surface area contributed by atoms with Gasteiger partial charge >= 0.3 is 5.66 Å². The summed E-state index contributed by atoms with van der Waals surface area (Å²) in [5.74, 6) is 0. The number of rotatable bonds is 2. The molecule has 0 atom stereocenters. The van der Waals surface area contributed by atoms with Crippen molar-refractivity contribution >= 4 is 22.8 Å². The average Bonchev–Trinajstić information content (AvgIpc) is 2.79. The van der Waals surface area contributed by atoms with Gasteiger partial charge in [0.2, 0.25) is 11.4 Å². The second-order valence-corrected chi connectivity index (χ2v) is 9.55. The molecule has 2 aromatic rings. The zero-order valence-corrected chi connectivity index (χ0v) is 20.5. The maximum atomic E-state index is 2.56. The highest BCUT2D eigenvalue weighted by Gasteiger charge is 2.55. The van der Waals surface area contributed by atoms with Crippen molar-refractivity contribution in [3.8, 4) is 0 Å². The fourth-order valence-electron chi connectivity index (χ4n) is 5.36. The summed E-state index contributed by atoms with van der Waals surface area (Å²) in [7, 11) is 0. The van der Waals surface area contributed by atoms with E-state index in [0.29, 0.717) is 0 Å². The van der Waals surface area contributed by atoms with E-state index in [4.69, 9.17) is 0 Å². The first kappa shape index (κ1) is 21.5. The Kier molecular flexibility index (Phi) is 5.14. The van der Waals surface area contributed by atoms with Crippen molar-refractivity contribution in [1.29, 1.82) is 0 Å². The van der Waals surface area contributed by atoms with E-state index in [1.807, 2.05) is 0 Å². The average molecular weight is 391 g/mol. The summed E-state index contributed by atoms with van der Waals surface area (Å²) in [6, 6.07) is 4.68. The predicted molar refractivity (Wildman–Crippen MR) is 126 cm³/mol. The summed E-state index contributed by atoms with van der Waals surface area (Å²) in [5.41, 5.74) is 16.2. The fraction of sp³-hybridized carbons (Fsp3) is 0.481. The number of hydrogen-bond acceptors (Lipinski definition) is 0. The Morgan fingerprint density at radius 2 is 0.793 bits per heavy atom. The Bertz CT molecular complexity index is 1020. The minimum absolute atomic E-state index is 0.192. The minimum atomic E-state index is -0.192. The molecule has 2 aromatic carbocycles. The van der Waals surface area contributed by atoms with Crippen LogP contribution in [0.3, 0.4) is 0 Å². The molecule has 1 aliphatic heterocycles. The fourth-order valence-corrected chi connectivity index (χ4v) is 5.36. The van der Waals surface area contributed by atoms with Crippen molar-refractivity contribution in [3.05, 3.63) is 56.6 Å². The molecule has 3 rings (SSSR count). The normalized spacial score (nSPS) is 16.3. The highest BCUT2D eigenvalue weighted by Crippen LogP contribution is 2.40. The molecule has 0 spiro atoms. The van der Waals surface area contributed by atoms with Gasteiger partial charge in [-0.05, 0) is 89.8 Å². The largest absolute Gasteiger partial charge is 0.356 e. The van der Waals surface area contributed by atoms with E-state index in [2.05, 4.69) is 104 Å². The third kappa shape index (κ3) is 2.99. The van der Waals surface area contributed by atoms with E-state index in [-0.39, 0.29) is 5.66 Å².